The van der Waals surface area contributed by atoms with Crippen molar-refractivity contribution < 1.29 is 9.52 Å². The molecule has 6 heteroatoms. The van der Waals surface area contributed by atoms with Crippen LogP contribution in [-0.4, -0.2) is 23.2 Å². The lowest BCUT2D eigenvalue weighted by Gasteiger charge is -2.16. The van der Waals surface area contributed by atoms with E-state index < -0.39 is 5.76 Å². The van der Waals surface area contributed by atoms with Crippen LogP contribution in [0.1, 0.15) is 19.3 Å². The van der Waals surface area contributed by atoms with Gasteiger partial charge >= 0.3 is 5.76 Å². The molecule has 6 nitrogen and oxygen atoms in total. The molecular weight excluding hydrogens is 246 g/mol. The number of benzene rings is 1. The maximum absolute atomic E-state index is 11.1. The Bertz CT molecular complexity index is 655. The number of rotatable bonds is 5. The van der Waals surface area contributed by atoms with Crippen LogP contribution in [0.3, 0.4) is 0 Å². The van der Waals surface area contributed by atoms with Crippen molar-refractivity contribution in [2.45, 2.75) is 19.3 Å². The third kappa shape index (κ3) is 2.31. The van der Waals surface area contributed by atoms with Gasteiger partial charge < -0.3 is 20.6 Å². The third-order valence-corrected chi connectivity index (χ3v) is 3.84. The summed E-state index contributed by atoms with van der Waals surface area (Å²) in [5.41, 5.74) is 8.57. The van der Waals surface area contributed by atoms with Crippen molar-refractivity contribution in [1.82, 2.24) is 4.98 Å². The predicted octanol–water partition coefficient (Wildman–Crippen LogP) is 1.28. The summed E-state index contributed by atoms with van der Waals surface area (Å²) in [7, 11) is 0. The monoisotopic (exact) mass is 263 g/mol. The molecule has 1 heterocycles. The summed E-state index contributed by atoms with van der Waals surface area (Å²) in [5.74, 6) is -0.481. The van der Waals surface area contributed by atoms with Crippen molar-refractivity contribution in [3.05, 3.63) is 22.7 Å². The average molecular weight is 263 g/mol. The van der Waals surface area contributed by atoms with E-state index in [0.29, 0.717) is 16.8 Å². The van der Waals surface area contributed by atoms with Gasteiger partial charge in [0.25, 0.3) is 0 Å². The molecule has 0 spiro atoms. The van der Waals surface area contributed by atoms with Crippen molar-refractivity contribution in [2.24, 2.45) is 5.41 Å². The molecule has 1 aliphatic carbocycles. The Labute approximate surface area is 109 Å². The summed E-state index contributed by atoms with van der Waals surface area (Å²) >= 11 is 0. The van der Waals surface area contributed by atoms with Crippen molar-refractivity contribution in [3.63, 3.8) is 0 Å². The topological polar surface area (TPSA) is 104 Å². The van der Waals surface area contributed by atoms with Gasteiger partial charge in [0, 0.05) is 19.2 Å². The van der Waals surface area contributed by atoms with Gasteiger partial charge in [-0.25, -0.2) is 4.79 Å². The van der Waals surface area contributed by atoms with E-state index in [1.54, 1.807) is 12.1 Å². The lowest BCUT2D eigenvalue weighted by Crippen LogP contribution is -2.17. The molecule has 1 fully saturated rings. The predicted molar refractivity (Wildman–Crippen MR) is 73.1 cm³/mol. The summed E-state index contributed by atoms with van der Waals surface area (Å²) in [6, 6.07) is 3.42. The van der Waals surface area contributed by atoms with Gasteiger partial charge in [-0.1, -0.05) is 0 Å². The van der Waals surface area contributed by atoms with Crippen LogP contribution in [0.15, 0.2) is 21.3 Å². The second-order valence-corrected chi connectivity index (χ2v) is 5.28. The fourth-order valence-electron chi connectivity index (χ4n) is 2.38. The molecule has 0 unspecified atom stereocenters. The minimum atomic E-state index is -0.481. The molecule has 19 heavy (non-hydrogen) atoms. The van der Waals surface area contributed by atoms with Gasteiger partial charge in [-0.05, 0) is 30.7 Å². The quantitative estimate of drug-likeness (QED) is 0.608. The van der Waals surface area contributed by atoms with Crippen molar-refractivity contribution >= 4 is 22.5 Å². The molecule has 0 atom stereocenters. The summed E-state index contributed by atoms with van der Waals surface area (Å²) in [6.07, 6.45) is 3.07. The Kier molecular flexibility index (Phi) is 2.74. The van der Waals surface area contributed by atoms with E-state index in [9.17, 15) is 4.79 Å². The molecule has 0 amide bonds. The molecular formula is C13H17N3O3. The summed E-state index contributed by atoms with van der Waals surface area (Å²) in [6.45, 7) is 0.997. The van der Waals surface area contributed by atoms with Crippen LogP contribution in [0.4, 0.5) is 11.4 Å². The minimum Gasteiger partial charge on any atom is -0.408 e. The summed E-state index contributed by atoms with van der Waals surface area (Å²) in [4.78, 5) is 13.7. The third-order valence-electron chi connectivity index (χ3n) is 3.84. The zero-order valence-electron chi connectivity index (χ0n) is 10.5. The number of oxazole rings is 1. The van der Waals surface area contributed by atoms with E-state index in [4.69, 9.17) is 15.3 Å². The Morgan fingerprint density at radius 3 is 2.95 bits per heavy atom. The van der Waals surface area contributed by atoms with Gasteiger partial charge in [0.2, 0.25) is 0 Å². The fraction of sp³-hybridized carbons (Fsp3) is 0.462. The molecule has 0 aliphatic heterocycles. The van der Waals surface area contributed by atoms with E-state index in [0.717, 1.165) is 31.5 Å². The molecule has 5 N–H and O–H groups in total. The van der Waals surface area contributed by atoms with Crippen molar-refractivity contribution in [2.75, 3.05) is 24.2 Å². The second kappa shape index (κ2) is 4.31. The average Bonchev–Trinajstić information content (AvgIpc) is 3.02. The van der Waals surface area contributed by atoms with E-state index >= 15 is 0 Å². The number of anilines is 2. The van der Waals surface area contributed by atoms with Gasteiger partial charge in [0.05, 0.1) is 16.9 Å². The molecule has 1 aromatic carbocycles. The fourth-order valence-corrected chi connectivity index (χ4v) is 2.38. The highest BCUT2D eigenvalue weighted by molar-refractivity contribution is 5.85. The van der Waals surface area contributed by atoms with Crippen LogP contribution in [-0.2, 0) is 0 Å². The van der Waals surface area contributed by atoms with E-state index in [1.165, 1.54) is 0 Å². The Morgan fingerprint density at radius 1 is 1.47 bits per heavy atom. The number of aromatic amines is 1. The first-order valence-corrected chi connectivity index (χ1v) is 6.39. The zero-order chi connectivity index (χ0) is 13.5. The number of aliphatic hydroxyl groups excluding tert-OH is 1. The van der Waals surface area contributed by atoms with Crippen molar-refractivity contribution in [1.29, 1.82) is 0 Å². The first kappa shape index (κ1) is 12.1. The van der Waals surface area contributed by atoms with Crippen LogP contribution in [0.25, 0.3) is 11.1 Å². The maximum Gasteiger partial charge on any atom is 0.417 e. The van der Waals surface area contributed by atoms with E-state index in [2.05, 4.69) is 10.3 Å². The van der Waals surface area contributed by atoms with Crippen LogP contribution in [0.5, 0.6) is 0 Å². The SMILES string of the molecule is Nc1cc2oc(=O)[nH]c2cc1NCC1(CCO)CC1. The second-order valence-electron chi connectivity index (χ2n) is 5.28. The molecule has 3 rings (SSSR count). The van der Waals surface area contributed by atoms with Crippen molar-refractivity contribution in [3.8, 4) is 0 Å². The largest absolute Gasteiger partial charge is 0.417 e. The van der Waals surface area contributed by atoms with E-state index in [1.807, 2.05) is 0 Å². The van der Waals surface area contributed by atoms with Crippen LogP contribution in [0.2, 0.25) is 0 Å². The highest BCUT2D eigenvalue weighted by Gasteiger charge is 2.41. The number of fused-ring (bicyclic) bond motifs is 1. The number of nitrogen functional groups attached to an aromatic ring is 1. The van der Waals surface area contributed by atoms with Gasteiger partial charge in [-0.3, -0.25) is 4.98 Å². The molecule has 0 saturated heterocycles. The Balaban J connectivity index is 1.80. The van der Waals surface area contributed by atoms with Gasteiger partial charge in [0.1, 0.15) is 0 Å². The lowest BCUT2D eigenvalue weighted by atomic mass is 10.0. The lowest BCUT2D eigenvalue weighted by molar-refractivity contribution is 0.253. The minimum absolute atomic E-state index is 0.208. The highest BCUT2D eigenvalue weighted by Crippen LogP contribution is 2.48. The smallest absolute Gasteiger partial charge is 0.408 e. The molecule has 1 aliphatic rings. The molecule has 102 valence electrons. The van der Waals surface area contributed by atoms with Crippen LogP contribution in [0, 0.1) is 5.41 Å². The first-order chi connectivity index (χ1) is 9.12. The number of hydrogen-bond donors (Lipinski definition) is 4. The first-order valence-electron chi connectivity index (χ1n) is 6.39. The molecule has 2 aromatic rings. The van der Waals surface area contributed by atoms with E-state index in [-0.39, 0.29) is 12.0 Å². The summed E-state index contributed by atoms with van der Waals surface area (Å²) < 4.78 is 4.95. The number of aliphatic hydroxyl groups is 1. The number of H-pyrrole nitrogens is 1. The van der Waals surface area contributed by atoms with Crippen LogP contribution >= 0.6 is 0 Å². The number of nitrogens with one attached hydrogen (secondary N) is 2. The van der Waals surface area contributed by atoms with Crippen LogP contribution < -0.4 is 16.8 Å². The summed E-state index contributed by atoms with van der Waals surface area (Å²) in [5, 5.41) is 12.3. The number of hydrogen-bond acceptors (Lipinski definition) is 5. The maximum atomic E-state index is 11.1. The van der Waals surface area contributed by atoms with Gasteiger partial charge in [0.15, 0.2) is 5.58 Å². The van der Waals surface area contributed by atoms with Gasteiger partial charge in [-0.2, -0.15) is 0 Å². The Morgan fingerprint density at radius 2 is 2.26 bits per heavy atom. The van der Waals surface area contributed by atoms with Gasteiger partial charge in [-0.15, -0.1) is 0 Å². The highest BCUT2D eigenvalue weighted by atomic mass is 16.4. The molecule has 0 bridgehead atoms. The number of nitrogens with two attached hydrogens (primary N) is 1. The molecule has 1 aromatic heterocycles. The standard InChI is InChI=1S/C13H17N3O3/c14-8-5-11-10(16-12(18)19-11)6-9(8)15-7-13(1-2-13)3-4-17/h5-6,15,17H,1-4,7,14H2,(H,16,18). The molecule has 1 saturated carbocycles. The molecule has 0 radical (unpaired) electrons. The Hall–Kier alpha value is -1.95. The normalized spacial score (nSPS) is 16.7. The number of aromatic nitrogens is 1. The zero-order valence-corrected chi connectivity index (χ0v) is 10.5.